The molecule has 148 valence electrons. The lowest BCUT2D eigenvalue weighted by Crippen LogP contribution is -2.31. The summed E-state index contributed by atoms with van der Waals surface area (Å²) in [4.78, 5) is 19.8. The molecule has 1 aromatic carbocycles. The molecule has 4 heterocycles. The van der Waals surface area contributed by atoms with Crippen LogP contribution in [0.4, 0.5) is 0 Å². The number of rotatable bonds is 4. The summed E-state index contributed by atoms with van der Waals surface area (Å²) in [6, 6.07) is 17.2. The number of pyridine rings is 1. The molecule has 5 rings (SSSR count). The van der Waals surface area contributed by atoms with Gasteiger partial charge in [-0.2, -0.15) is 0 Å². The van der Waals surface area contributed by atoms with Gasteiger partial charge >= 0.3 is 0 Å². The van der Waals surface area contributed by atoms with Gasteiger partial charge in [0.25, 0.3) is 5.91 Å². The summed E-state index contributed by atoms with van der Waals surface area (Å²) in [5.41, 5.74) is 5.31. The van der Waals surface area contributed by atoms with E-state index in [1.165, 1.54) is 0 Å². The second-order valence-corrected chi connectivity index (χ2v) is 7.53. The van der Waals surface area contributed by atoms with Crippen LogP contribution in [0.2, 0.25) is 5.02 Å². The normalized spacial score (nSPS) is 13.4. The van der Waals surface area contributed by atoms with E-state index in [4.69, 9.17) is 16.0 Å². The van der Waals surface area contributed by atoms with Crippen LogP contribution in [0.1, 0.15) is 27.5 Å². The molecule has 0 atom stereocenters. The third kappa shape index (κ3) is 3.67. The maximum Gasteiger partial charge on any atom is 0.253 e. The van der Waals surface area contributed by atoms with Gasteiger partial charge in [-0.25, -0.2) is 0 Å². The number of fused-ring (bicyclic) bond motifs is 1. The number of aromatic nitrogens is 2. The Morgan fingerprint density at radius 2 is 1.97 bits per heavy atom. The van der Waals surface area contributed by atoms with Gasteiger partial charge in [0.1, 0.15) is 11.5 Å². The summed E-state index contributed by atoms with van der Waals surface area (Å²) in [6.07, 6.45) is 6.35. The molecule has 0 fully saturated rings. The van der Waals surface area contributed by atoms with Crippen LogP contribution in [-0.2, 0) is 6.42 Å². The highest BCUT2D eigenvalue weighted by Crippen LogP contribution is 2.27. The number of nitrogens with zero attached hydrogens (tertiary/aromatic N) is 1. The van der Waals surface area contributed by atoms with Crippen LogP contribution in [0.5, 0.6) is 0 Å². The molecule has 0 aliphatic carbocycles. The molecule has 0 spiro atoms. The van der Waals surface area contributed by atoms with Crippen LogP contribution in [-0.4, -0.2) is 22.4 Å². The average molecular weight is 416 g/mol. The first kappa shape index (κ1) is 18.5. The quantitative estimate of drug-likeness (QED) is 0.465. The maximum atomic E-state index is 12.0. The minimum atomic E-state index is -0.0266. The van der Waals surface area contributed by atoms with Gasteiger partial charge in [0, 0.05) is 46.7 Å². The van der Waals surface area contributed by atoms with Crippen molar-refractivity contribution >= 4 is 29.7 Å². The van der Waals surface area contributed by atoms with E-state index < -0.39 is 0 Å². The molecular formula is C24H18ClN3O2. The zero-order chi connectivity index (χ0) is 20.5. The van der Waals surface area contributed by atoms with Gasteiger partial charge in [0.2, 0.25) is 0 Å². The minimum absolute atomic E-state index is 0.0266. The highest BCUT2D eigenvalue weighted by molar-refractivity contribution is 6.30. The zero-order valence-corrected chi connectivity index (χ0v) is 16.7. The van der Waals surface area contributed by atoms with Gasteiger partial charge in [0.15, 0.2) is 0 Å². The number of hydrogen-bond donors (Lipinski definition) is 2. The first-order valence-electron chi connectivity index (χ1n) is 9.66. The van der Waals surface area contributed by atoms with Crippen molar-refractivity contribution in [2.45, 2.75) is 6.42 Å². The Morgan fingerprint density at radius 3 is 2.83 bits per heavy atom. The van der Waals surface area contributed by atoms with Gasteiger partial charge in [-0.1, -0.05) is 23.7 Å². The second-order valence-electron chi connectivity index (χ2n) is 7.10. The predicted molar refractivity (Wildman–Crippen MR) is 118 cm³/mol. The minimum Gasteiger partial charge on any atom is -0.457 e. The van der Waals surface area contributed by atoms with Gasteiger partial charge < -0.3 is 14.7 Å². The summed E-state index contributed by atoms with van der Waals surface area (Å²) in [5.74, 6) is 1.46. The average Bonchev–Trinajstić information content (AvgIpc) is 3.41. The predicted octanol–water partition coefficient (Wildman–Crippen LogP) is 5.45. The lowest BCUT2D eigenvalue weighted by molar-refractivity contribution is 0.0946. The van der Waals surface area contributed by atoms with Crippen molar-refractivity contribution in [3.8, 4) is 22.6 Å². The number of amides is 1. The maximum absolute atomic E-state index is 12.0. The van der Waals surface area contributed by atoms with Gasteiger partial charge in [-0.3, -0.25) is 9.78 Å². The number of halogens is 1. The molecule has 0 bridgehead atoms. The number of hydrogen-bond acceptors (Lipinski definition) is 3. The molecule has 2 N–H and O–H groups in total. The summed E-state index contributed by atoms with van der Waals surface area (Å²) in [6.45, 7) is 0.663. The van der Waals surface area contributed by atoms with E-state index in [1.807, 2.05) is 66.7 Å². The van der Waals surface area contributed by atoms with E-state index >= 15 is 0 Å². The van der Waals surface area contributed by atoms with Gasteiger partial charge in [-0.15, -0.1) is 0 Å². The lowest BCUT2D eigenvalue weighted by Gasteiger charge is -2.10. The molecule has 6 heteroatoms. The van der Waals surface area contributed by atoms with Crippen LogP contribution < -0.4 is 5.32 Å². The molecule has 5 nitrogen and oxygen atoms in total. The molecule has 0 saturated heterocycles. The Labute approximate surface area is 178 Å². The van der Waals surface area contributed by atoms with Crippen LogP contribution in [0.3, 0.4) is 0 Å². The highest BCUT2D eigenvalue weighted by Gasteiger charge is 2.19. The van der Waals surface area contributed by atoms with Crippen LogP contribution >= 0.6 is 11.6 Å². The van der Waals surface area contributed by atoms with Gasteiger partial charge in [0.05, 0.1) is 11.3 Å². The SMILES string of the molecule is O=C1NCCc2[nH]c(-c3ccnc(C=Cc4ccc(-c5cccc(Cl)c5)o4)c3)cc21. The van der Waals surface area contributed by atoms with Crippen LogP contribution in [0.15, 0.2) is 65.2 Å². The van der Waals surface area contributed by atoms with Crippen LogP contribution in [0, 0.1) is 0 Å². The molecule has 3 aromatic heterocycles. The number of furan rings is 1. The number of nitrogens with one attached hydrogen (secondary N) is 2. The Morgan fingerprint density at radius 1 is 1.03 bits per heavy atom. The lowest BCUT2D eigenvalue weighted by atomic mass is 10.1. The summed E-state index contributed by atoms with van der Waals surface area (Å²) < 4.78 is 5.90. The molecule has 4 aromatic rings. The molecule has 0 unspecified atom stereocenters. The zero-order valence-electron chi connectivity index (χ0n) is 16.0. The van der Waals surface area contributed by atoms with E-state index in [0.717, 1.165) is 46.2 Å². The first-order valence-corrected chi connectivity index (χ1v) is 10.0. The standard InChI is InChI=1S/C24H18ClN3O2/c25-17-3-1-2-16(12-17)23-7-6-19(30-23)5-4-18-13-15(8-10-26-18)22-14-20-21(28-22)9-11-27-24(20)29/h1-8,10,12-14,28H,9,11H2,(H,27,29). The largest absolute Gasteiger partial charge is 0.457 e. The summed E-state index contributed by atoms with van der Waals surface area (Å²) in [5, 5.41) is 3.54. The molecule has 1 aliphatic heterocycles. The fraction of sp³-hybridized carbons (Fsp3) is 0.0833. The second kappa shape index (κ2) is 7.69. The van der Waals surface area contributed by atoms with Crippen molar-refractivity contribution in [1.82, 2.24) is 15.3 Å². The fourth-order valence-electron chi connectivity index (χ4n) is 3.56. The van der Waals surface area contributed by atoms with E-state index in [-0.39, 0.29) is 5.91 Å². The highest BCUT2D eigenvalue weighted by atomic mass is 35.5. The third-order valence-corrected chi connectivity index (χ3v) is 5.29. The fourth-order valence-corrected chi connectivity index (χ4v) is 3.75. The summed E-state index contributed by atoms with van der Waals surface area (Å²) in [7, 11) is 0. The number of H-pyrrole nitrogens is 1. The first-order chi connectivity index (χ1) is 14.7. The topological polar surface area (TPSA) is 70.9 Å². The Bertz CT molecular complexity index is 1270. The van der Waals surface area contributed by atoms with E-state index in [2.05, 4.69) is 15.3 Å². The van der Waals surface area contributed by atoms with Crippen molar-refractivity contribution in [3.05, 3.63) is 88.5 Å². The molecule has 0 radical (unpaired) electrons. The molecule has 30 heavy (non-hydrogen) atoms. The van der Waals surface area contributed by atoms with Crippen LogP contribution in [0.25, 0.3) is 34.7 Å². The Hall–Kier alpha value is -3.57. The molecular weight excluding hydrogens is 398 g/mol. The van der Waals surface area contributed by atoms with E-state index in [1.54, 1.807) is 6.20 Å². The van der Waals surface area contributed by atoms with Crippen molar-refractivity contribution in [2.24, 2.45) is 0 Å². The number of aromatic amines is 1. The third-order valence-electron chi connectivity index (χ3n) is 5.05. The molecule has 1 aliphatic rings. The van der Waals surface area contributed by atoms with Gasteiger partial charge in [-0.05, 0) is 54.6 Å². The number of benzene rings is 1. The van der Waals surface area contributed by atoms with E-state index in [9.17, 15) is 4.79 Å². The smallest absolute Gasteiger partial charge is 0.253 e. The summed E-state index contributed by atoms with van der Waals surface area (Å²) >= 11 is 6.06. The van der Waals surface area contributed by atoms with E-state index in [0.29, 0.717) is 17.1 Å². The Kier molecular flexibility index (Phi) is 4.73. The number of carbonyl (C=O) groups is 1. The van der Waals surface area contributed by atoms with Crippen molar-refractivity contribution in [3.63, 3.8) is 0 Å². The Balaban J connectivity index is 1.38. The van der Waals surface area contributed by atoms with Crippen molar-refractivity contribution in [1.29, 1.82) is 0 Å². The van der Waals surface area contributed by atoms with Crippen molar-refractivity contribution < 1.29 is 9.21 Å². The molecule has 0 saturated carbocycles. The van der Waals surface area contributed by atoms with Crippen molar-refractivity contribution in [2.75, 3.05) is 6.54 Å². The number of carbonyl (C=O) groups excluding carboxylic acids is 1. The monoisotopic (exact) mass is 415 g/mol. The molecule has 1 amide bonds.